The molecule has 0 unspecified atom stereocenters. The molecule has 0 bridgehead atoms. The van der Waals surface area contributed by atoms with Gasteiger partial charge in [-0.3, -0.25) is 0 Å². The van der Waals surface area contributed by atoms with Crippen molar-refractivity contribution < 1.29 is 4.74 Å². The lowest BCUT2D eigenvalue weighted by atomic mass is 10.2. The number of hydrogen-bond donors (Lipinski definition) is 1. The van der Waals surface area contributed by atoms with E-state index in [1.807, 2.05) is 0 Å². The molecule has 0 heterocycles. The monoisotopic (exact) mass is 171 g/mol. The minimum atomic E-state index is 0.370. The van der Waals surface area contributed by atoms with Gasteiger partial charge in [0.25, 0.3) is 0 Å². The van der Waals surface area contributed by atoms with Gasteiger partial charge in [0, 0.05) is 6.04 Å². The third kappa shape index (κ3) is 2.76. The van der Waals surface area contributed by atoms with Crippen molar-refractivity contribution in [2.75, 3.05) is 6.54 Å². The first kappa shape index (κ1) is 10.0. The van der Waals surface area contributed by atoms with E-state index >= 15 is 0 Å². The van der Waals surface area contributed by atoms with Gasteiger partial charge in [0.05, 0.1) is 12.2 Å². The molecule has 1 saturated carbocycles. The molecule has 2 nitrogen and oxygen atoms in total. The Balaban J connectivity index is 2.30. The zero-order chi connectivity index (χ0) is 8.97. The van der Waals surface area contributed by atoms with Crippen LogP contribution in [0.1, 0.15) is 40.0 Å². The molecule has 0 aromatic rings. The number of rotatable bonds is 4. The Morgan fingerprint density at radius 2 is 2.17 bits per heavy atom. The van der Waals surface area contributed by atoms with E-state index in [4.69, 9.17) is 4.74 Å². The first-order chi connectivity index (χ1) is 5.74. The van der Waals surface area contributed by atoms with E-state index in [2.05, 4.69) is 26.1 Å². The zero-order valence-electron chi connectivity index (χ0n) is 8.47. The van der Waals surface area contributed by atoms with Gasteiger partial charge in [-0.05, 0) is 39.7 Å². The van der Waals surface area contributed by atoms with Gasteiger partial charge in [0.2, 0.25) is 0 Å². The maximum Gasteiger partial charge on any atom is 0.0731 e. The second-order valence-corrected chi connectivity index (χ2v) is 3.82. The highest BCUT2D eigenvalue weighted by atomic mass is 16.5. The van der Waals surface area contributed by atoms with Gasteiger partial charge in [0.15, 0.2) is 0 Å². The second kappa shape index (κ2) is 4.83. The van der Waals surface area contributed by atoms with E-state index in [0.717, 1.165) is 6.54 Å². The lowest BCUT2D eigenvalue weighted by molar-refractivity contribution is -0.00203. The van der Waals surface area contributed by atoms with Crippen molar-refractivity contribution in [3.05, 3.63) is 0 Å². The standard InChI is InChI=1S/C10H21NO/c1-4-11-9-6-5-7-10(9)12-8(2)3/h8-11H,4-7H2,1-3H3/t9-,10-/m1/s1. The third-order valence-corrected chi connectivity index (χ3v) is 2.37. The number of nitrogens with one attached hydrogen (secondary N) is 1. The molecule has 1 aliphatic rings. The highest BCUT2D eigenvalue weighted by molar-refractivity contribution is 4.83. The molecule has 12 heavy (non-hydrogen) atoms. The van der Waals surface area contributed by atoms with E-state index in [0.29, 0.717) is 18.2 Å². The van der Waals surface area contributed by atoms with Gasteiger partial charge >= 0.3 is 0 Å². The summed E-state index contributed by atoms with van der Waals surface area (Å²) in [7, 11) is 0. The van der Waals surface area contributed by atoms with Crippen LogP contribution in [0.5, 0.6) is 0 Å². The Hall–Kier alpha value is -0.0800. The minimum Gasteiger partial charge on any atom is -0.374 e. The highest BCUT2D eigenvalue weighted by Crippen LogP contribution is 2.22. The first-order valence-electron chi connectivity index (χ1n) is 5.13. The Kier molecular flexibility index (Phi) is 4.02. The second-order valence-electron chi connectivity index (χ2n) is 3.82. The van der Waals surface area contributed by atoms with Gasteiger partial charge < -0.3 is 10.1 Å². The molecule has 1 N–H and O–H groups in total. The van der Waals surface area contributed by atoms with Crippen LogP contribution in [-0.4, -0.2) is 24.8 Å². The third-order valence-electron chi connectivity index (χ3n) is 2.37. The molecule has 0 radical (unpaired) electrons. The van der Waals surface area contributed by atoms with E-state index in [9.17, 15) is 0 Å². The average Bonchev–Trinajstić information content (AvgIpc) is 2.37. The smallest absolute Gasteiger partial charge is 0.0731 e. The summed E-state index contributed by atoms with van der Waals surface area (Å²) in [4.78, 5) is 0. The van der Waals surface area contributed by atoms with Crippen LogP contribution >= 0.6 is 0 Å². The van der Waals surface area contributed by atoms with Crippen LogP contribution in [0.4, 0.5) is 0 Å². The fraction of sp³-hybridized carbons (Fsp3) is 1.00. The summed E-state index contributed by atoms with van der Waals surface area (Å²) in [5, 5.41) is 3.47. The van der Waals surface area contributed by atoms with Crippen LogP contribution < -0.4 is 5.32 Å². The predicted octanol–water partition coefficient (Wildman–Crippen LogP) is 1.94. The van der Waals surface area contributed by atoms with Crippen LogP contribution in [-0.2, 0) is 4.74 Å². The number of ether oxygens (including phenoxy) is 1. The van der Waals surface area contributed by atoms with Gasteiger partial charge in [-0.2, -0.15) is 0 Å². The van der Waals surface area contributed by atoms with Crippen molar-refractivity contribution in [1.82, 2.24) is 5.32 Å². The molecule has 2 heteroatoms. The maximum absolute atomic E-state index is 5.81. The van der Waals surface area contributed by atoms with Crippen molar-refractivity contribution in [2.45, 2.75) is 58.3 Å². The molecule has 2 atom stereocenters. The Morgan fingerprint density at radius 3 is 2.75 bits per heavy atom. The Morgan fingerprint density at radius 1 is 1.42 bits per heavy atom. The molecule has 0 spiro atoms. The van der Waals surface area contributed by atoms with Crippen LogP contribution in [0.3, 0.4) is 0 Å². The molecule has 1 rings (SSSR count). The molecule has 0 saturated heterocycles. The van der Waals surface area contributed by atoms with Gasteiger partial charge in [0.1, 0.15) is 0 Å². The van der Waals surface area contributed by atoms with E-state index < -0.39 is 0 Å². The topological polar surface area (TPSA) is 21.3 Å². The first-order valence-corrected chi connectivity index (χ1v) is 5.13. The van der Waals surface area contributed by atoms with Crippen molar-refractivity contribution in [2.24, 2.45) is 0 Å². The van der Waals surface area contributed by atoms with Crippen LogP contribution in [0, 0.1) is 0 Å². The fourth-order valence-corrected chi connectivity index (χ4v) is 1.93. The van der Waals surface area contributed by atoms with Crippen LogP contribution in [0.2, 0.25) is 0 Å². The van der Waals surface area contributed by atoms with E-state index in [1.165, 1.54) is 19.3 Å². The molecule has 0 aromatic heterocycles. The van der Waals surface area contributed by atoms with Crippen LogP contribution in [0.25, 0.3) is 0 Å². The van der Waals surface area contributed by atoms with Gasteiger partial charge in [-0.25, -0.2) is 0 Å². The fourth-order valence-electron chi connectivity index (χ4n) is 1.93. The van der Waals surface area contributed by atoms with Crippen molar-refractivity contribution in [3.63, 3.8) is 0 Å². The van der Waals surface area contributed by atoms with Crippen molar-refractivity contribution in [3.8, 4) is 0 Å². The predicted molar refractivity (Wildman–Crippen MR) is 51.3 cm³/mol. The van der Waals surface area contributed by atoms with Crippen molar-refractivity contribution >= 4 is 0 Å². The lowest BCUT2D eigenvalue weighted by Crippen LogP contribution is -2.38. The number of likely N-dealkylation sites (N-methyl/N-ethyl adjacent to an activating group) is 1. The lowest BCUT2D eigenvalue weighted by Gasteiger charge is -2.22. The average molecular weight is 171 g/mol. The molecule has 0 amide bonds. The van der Waals surface area contributed by atoms with E-state index in [1.54, 1.807) is 0 Å². The summed E-state index contributed by atoms with van der Waals surface area (Å²) in [5.74, 6) is 0. The largest absolute Gasteiger partial charge is 0.374 e. The zero-order valence-corrected chi connectivity index (χ0v) is 8.47. The summed E-state index contributed by atoms with van der Waals surface area (Å²) in [6.45, 7) is 7.44. The summed E-state index contributed by atoms with van der Waals surface area (Å²) in [6, 6.07) is 0.609. The highest BCUT2D eigenvalue weighted by Gasteiger charge is 2.27. The van der Waals surface area contributed by atoms with Gasteiger partial charge in [-0.15, -0.1) is 0 Å². The summed E-state index contributed by atoms with van der Waals surface area (Å²) >= 11 is 0. The summed E-state index contributed by atoms with van der Waals surface area (Å²) in [5.41, 5.74) is 0. The minimum absolute atomic E-state index is 0.370. The molecule has 1 fully saturated rings. The number of hydrogen-bond acceptors (Lipinski definition) is 2. The summed E-state index contributed by atoms with van der Waals surface area (Å²) < 4.78 is 5.81. The molecule has 72 valence electrons. The maximum atomic E-state index is 5.81. The normalized spacial score (nSPS) is 30.0. The Labute approximate surface area is 75.7 Å². The molecular weight excluding hydrogens is 150 g/mol. The molecule has 1 aliphatic carbocycles. The van der Waals surface area contributed by atoms with Crippen LogP contribution in [0.15, 0.2) is 0 Å². The van der Waals surface area contributed by atoms with E-state index in [-0.39, 0.29) is 0 Å². The summed E-state index contributed by atoms with van der Waals surface area (Å²) in [6.07, 6.45) is 4.66. The van der Waals surface area contributed by atoms with Gasteiger partial charge in [-0.1, -0.05) is 6.92 Å². The molecular formula is C10H21NO. The quantitative estimate of drug-likeness (QED) is 0.698. The SMILES string of the molecule is CCN[C@@H]1CCC[C@H]1OC(C)C. The van der Waals surface area contributed by atoms with Crippen molar-refractivity contribution in [1.29, 1.82) is 0 Å². The molecule has 0 aliphatic heterocycles. The molecule has 0 aromatic carbocycles. The Bertz CT molecular complexity index is 125.